The van der Waals surface area contributed by atoms with Crippen molar-refractivity contribution in [2.45, 2.75) is 0 Å². The highest BCUT2D eigenvalue weighted by molar-refractivity contribution is 8.16. The van der Waals surface area contributed by atoms with Crippen LogP contribution in [0.1, 0.15) is 15.9 Å². The summed E-state index contributed by atoms with van der Waals surface area (Å²) in [5, 5.41) is 0.869. The van der Waals surface area contributed by atoms with Gasteiger partial charge in [-0.15, -0.1) is 0 Å². The van der Waals surface area contributed by atoms with Gasteiger partial charge in [0.15, 0.2) is 0 Å². The lowest BCUT2D eigenvalue weighted by atomic mass is 10.1. The Morgan fingerprint density at radius 1 is 1.27 bits per heavy atom. The van der Waals surface area contributed by atoms with Crippen molar-refractivity contribution in [3.05, 3.63) is 40.8 Å². The van der Waals surface area contributed by atoms with Crippen molar-refractivity contribution in [3.63, 3.8) is 0 Å². The van der Waals surface area contributed by atoms with E-state index in [9.17, 15) is 13.2 Å². The molecule has 0 radical (unpaired) electrons. The number of nitrogens with two attached hydrogens (primary N) is 1. The number of halogens is 1. The van der Waals surface area contributed by atoms with E-state index in [0.717, 1.165) is 5.41 Å². The molecular weight excluding hydrogens is 238 g/mol. The summed E-state index contributed by atoms with van der Waals surface area (Å²) >= 11 is 0. The molecule has 1 amide bonds. The van der Waals surface area contributed by atoms with E-state index in [0.29, 0.717) is 11.1 Å². The summed E-state index contributed by atoms with van der Waals surface area (Å²) in [7, 11) is 1.33. The van der Waals surface area contributed by atoms with Gasteiger partial charge in [-0.05, 0) is 23.8 Å². The number of carbonyl (C=O) groups is 1. The highest BCUT2D eigenvalue weighted by Gasteiger charge is 1.99. The van der Waals surface area contributed by atoms with Gasteiger partial charge >= 0.3 is 0 Å². The quantitative estimate of drug-likeness (QED) is 0.816. The lowest BCUT2D eigenvalue weighted by Gasteiger charge is -1.95. The first kappa shape index (κ1) is 11.7. The van der Waals surface area contributed by atoms with Crippen molar-refractivity contribution in [1.82, 2.24) is 0 Å². The van der Waals surface area contributed by atoms with Crippen LogP contribution in [0.25, 0.3) is 6.08 Å². The number of benzene rings is 1. The van der Waals surface area contributed by atoms with Crippen molar-refractivity contribution in [2.75, 3.05) is 0 Å². The van der Waals surface area contributed by atoms with Crippen molar-refractivity contribution in [1.29, 1.82) is 0 Å². The van der Waals surface area contributed by atoms with Crippen LogP contribution in [0.2, 0.25) is 0 Å². The summed E-state index contributed by atoms with van der Waals surface area (Å²) in [5.74, 6) is -0.532. The Balaban J connectivity index is 2.91. The third-order valence-electron chi connectivity index (χ3n) is 1.62. The zero-order valence-electron chi connectivity index (χ0n) is 7.55. The molecule has 0 heterocycles. The number of hydrogen-bond donors (Lipinski definition) is 1. The van der Waals surface area contributed by atoms with Gasteiger partial charge in [0.25, 0.3) is 9.05 Å². The molecule has 0 fully saturated rings. The average Bonchev–Trinajstić information content (AvgIpc) is 2.14. The van der Waals surface area contributed by atoms with Crippen LogP contribution < -0.4 is 5.73 Å². The standard InChI is InChI=1S/C9H8ClNO3S/c10-15(13,14)6-5-7-1-3-8(4-2-7)9(11)12/h1-6H,(H2,11,12). The number of carbonyl (C=O) groups excluding carboxylic acids is 1. The minimum atomic E-state index is -3.65. The Morgan fingerprint density at radius 2 is 1.80 bits per heavy atom. The number of primary amides is 1. The fourth-order valence-electron chi connectivity index (χ4n) is 0.918. The summed E-state index contributed by atoms with van der Waals surface area (Å²) in [6.07, 6.45) is 1.33. The van der Waals surface area contributed by atoms with E-state index in [1.165, 1.54) is 18.2 Å². The lowest BCUT2D eigenvalue weighted by molar-refractivity contribution is 0.100. The van der Waals surface area contributed by atoms with E-state index < -0.39 is 15.0 Å². The topological polar surface area (TPSA) is 77.2 Å². The molecule has 80 valence electrons. The maximum atomic E-state index is 10.7. The van der Waals surface area contributed by atoms with E-state index in [1.807, 2.05) is 0 Å². The molecule has 1 rings (SSSR count). The molecule has 1 aromatic rings. The van der Waals surface area contributed by atoms with Gasteiger partial charge in [0.05, 0.1) is 0 Å². The summed E-state index contributed by atoms with van der Waals surface area (Å²) < 4.78 is 21.2. The average molecular weight is 246 g/mol. The van der Waals surface area contributed by atoms with Gasteiger partial charge in [-0.3, -0.25) is 4.79 Å². The molecule has 0 aliphatic carbocycles. The predicted molar refractivity (Wildman–Crippen MR) is 58.8 cm³/mol. The van der Waals surface area contributed by atoms with Gasteiger partial charge in [0, 0.05) is 21.7 Å². The second kappa shape index (κ2) is 4.46. The lowest BCUT2D eigenvalue weighted by Crippen LogP contribution is -2.10. The zero-order valence-corrected chi connectivity index (χ0v) is 9.12. The molecule has 0 saturated carbocycles. The third kappa shape index (κ3) is 4.14. The Labute approximate surface area is 91.8 Å². The Kier molecular flexibility index (Phi) is 3.49. The number of hydrogen-bond acceptors (Lipinski definition) is 3. The van der Waals surface area contributed by atoms with Crippen molar-refractivity contribution < 1.29 is 13.2 Å². The van der Waals surface area contributed by atoms with Crippen LogP contribution in [0.5, 0.6) is 0 Å². The van der Waals surface area contributed by atoms with E-state index in [4.69, 9.17) is 16.4 Å². The highest BCUT2D eigenvalue weighted by atomic mass is 35.7. The van der Waals surface area contributed by atoms with E-state index >= 15 is 0 Å². The molecule has 0 spiro atoms. The number of amides is 1. The first-order valence-electron chi connectivity index (χ1n) is 3.91. The maximum absolute atomic E-state index is 10.7. The minimum Gasteiger partial charge on any atom is -0.366 e. The van der Waals surface area contributed by atoms with Crippen molar-refractivity contribution in [3.8, 4) is 0 Å². The summed E-state index contributed by atoms with van der Waals surface area (Å²) in [6, 6.07) is 6.14. The van der Waals surface area contributed by atoms with Crippen LogP contribution >= 0.6 is 10.7 Å². The van der Waals surface area contributed by atoms with Gasteiger partial charge < -0.3 is 5.73 Å². The van der Waals surface area contributed by atoms with Crippen LogP contribution in [0.15, 0.2) is 29.7 Å². The largest absolute Gasteiger partial charge is 0.366 e. The SMILES string of the molecule is NC(=O)c1ccc(C=CS(=O)(=O)Cl)cc1. The monoisotopic (exact) mass is 245 g/mol. The molecule has 4 nitrogen and oxygen atoms in total. The van der Waals surface area contributed by atoms with Crippen LogP contribution in [0.4, 0.5) is 0 Å². The molecule has 0 bridgehead atoms. The first-order valence-corrected chi connectivity index (χ1v) is 6.28. The van der Waals surface area contributed by atoms with Crippen molar-refractivity contribution in [2.24, 2.45) is 5.73 Å². The molecule has 0 saturated heterocycles. The predicted octanol–water partition coefficient (Wildman–Crippen LogP) is 1.32. The zero-order chi connectivity index (χ0) is 11.5. The van der Waals surface area contributed by atoms with Gasteiger partial charge in [-0.2, -0.15) is 0 Å². The van der Waals surface area contributed by atoms with Gasteiger partial charge in [0.2, 0.25) is 5.91 Å². The Hall–Kier alpha value is -1.33. The smallest absolute Gasteiger partial charge is 0.254 e. The fourth-order valence-corrected chi connectivity index (χ4v) is 1.39. The van der Waals surface area contributed by atoms with Crippen molar-refractivity contribution >= 4 is 31.7 Å². The van der Waals surface area contributed by atoms with E-state index in [2.05, 4.69) is 0 Å². The molecule has 0 atom stereocenters. The first-order chi connectivity index (χ1) is 6.88. The molecule has 1 aromatic carbocycles. The minimum absolute atomic E-state index is 0.362. The van der Waals surface area contributed by atoms with Crippen LogP contribution in [0.3, 0.4) is 0 Å². The van der Waals surface area contributed by atoms with Gasteiger partial charge in [-0.25, -0.2) is 8.42 Å². The molecule has 0 aromatic heterocycles. The van der Waals surface area contributed by atoms with Crippen LogP contribution in [-0.2, 0) is 9.05 Å². The molecule has 0 aliphatic rings. The van der Waals surface area contributed by atoms with Crippen LogP contribution in [0, 0.1) is 0 Å². The normalized spacial score (nSPS) is 11.8. The van der Waals surface area contributed by atoms with E-state index in [-0.39, 0.29) is 0 Å². The molecule has 6 heteroatoms. The highest BCUT2D eigenvalue weighted by Crippen LogP contribution is 2.08. The molecule has 2 N–H and O–H groups in total. The number of rotatable bonds is 3. The summed E-state index contributed by atoms with van der Waals surface area (Å²) in [4.78, 5) is 10.7. The summed E-state index contributed by atoms with van der Waals surface area (Å²) in [6.45, 7) is 0. The Bertz CT molecular complexity index is 491. The Morgan fingerprint density at radius 3 is 2.20 bits per heavy atom. The van der Waals surface area contributed by atoms with Crippen LogP contribution in [-0.4, -0.2) is 14.3 Å². The van der Waals surface area contributed by atoms with Gasteiger partial charge in [0.1, 0.15) is 0 Å². The second-order valence-corrected chi connectivity index (χ2v) is 5.28. The molecule has 0 aliphatic heterocycles. The molecular formula is C9H8ClNO3S. The maximum Gasteiger partial charge on any atom is 0.254 e. The summed E-state index contributed by atoms with van der Waals surface area (Å²) in [5.41, 5.74) is 6.01. The van der Waals surface area contributed by atoms with E-state index in [1.54, 1.807) is 12.1 Å². The third-order valence-corrected chi connectivity index (χ3v) is 2.39. The fraction of sp³-hybridized carbons (Fsp3) is 0. The molecule has 0 unspecified atom stereocenters. The molecule has 15 heavy (non-hydrogen) atoms. The second-order valence-electron chi connectivity index (χ2n) is 2.76. The van der Waals surface area contributed by atoms with Gasteiger partial charge in [-0.1, -0.05) is 12.1 Å².